The molecule has 0 aliphatic heterocycles. The number of benzene rings is 1. The summed E-state index contributed by atoms with van der Waals surface area (Å²) in [5, 5.41) is 2.58. The number of nitrogens with two attached hydrogens (primary N) is 2. The first-order valence-electron chi connectivity index (χ1n) is 5.49. The molecule has 0 spiro atoms. The highest BCUT2D eigenvalue weighted by molar-refractivity contribution is 6.07. The summed E-state index contributed by atoms with van der Waals surface area (Å²) in [6, 6.07) is 9.55. The predicted octanol–water partition coefficient (Wildman–Crippen LogP) is 1.02. The van der Waals surface area contributed by atoms with Crippen molar-refractivity contribution in [3.05, 3.63) is 53.9 Å². The molecule has 0 fully saturated rings. The lowest BCUT2D eigenvalue weighted by atomic mass is 10.1. The van der Waals surface area contributed by atoms with E-state index in [1.807, 2.05) is 0 Å². The predicted molar refractivity (Wildman–Crippen MR) is 71.6 cm³/mol. The van der Waals surface area contributed by atoms with Crippen molar-refractivity contribution in [1.82, 2.24) is 4.98 Å². The van der Waals surface area contributed by atoms with Crippen LogP contribution in [0.1, 0.15) is 20.8 Å². The van der Waals surface area contributed by atoms with Gasteiger partial charge in [0.15, 0.2) is 0 Å². The molecule has 2 rings (SSSR count). The molecule has 0 bridgehead atoms. The lowest BCUT2D eigenvalue weighted by Gasteiger charge is -2.08. The molecule has 2 aromatic rings. The van der Waals surface area contributed by atoms with Gasteiger partial charge in [0.2, 0.25) is 0 Å². The van der Waals surface area contributed by atoms with E-state index in [9.17, 15) is 9.59 Å². The van der Waals surface area contributed by atoms with Gasteiger partial charge >= 0.3 is 0 Å². The van der Waals surface area contributed by atoms with Gasteiger partial charge in [0.1, 0.15) is 5.69 Å². The monoisotopic (exact) mass is 256 g/mol. The maximum atomic E-state index is 11.9. The minimum absolute atomic E-state index is 0.202. The van der Waals surface area contributed by atoms with Crippen LogP contribution in [0.15, 0.2) is 42.6 Å². The molecule has 96 valence electrons. The van der Waals surface area contributed by atoms with Crippen LogP contribution in [0, 0.1) is 0 Å². The number of para-hydroxylation sites is 1. The van der Waals surface area contributed by atoms with Crippen molar-refractivity contribution < 1.29 is 9.59 Å². The molecule has 0 saturated carbocycles. The van der Waals surface area contributed by atoms with Crippen molar-refractivity contribution in [3.8, 4) is 0 Å². The van der Waals surface area contributed by atoms with E-state index in [-0.39, 0.29) is 11.3 Å². The highest BCUT2D eigenvalue weighted by Crippen LogP contribution is 2.15. The second kappa shape index (κ2) is 5.18. The van der Waals surface area contributed by atoms with Gasteiger partial charge in [0, 0.05) is 0 Å². The summed E-state index contributed by atoms with van der Waals surface area (Å²) in [4.78, 5) is 27.1. The average Bonchev–Trinajstić information content (AvgIpc) is 2.39. The Morgan fingerprint density at radius 1 is 1.11 bits per heavy atom. The number of pyridine rings is 1. The second-order valence-electron chi connectivity index (χ2n) is 3.84. The molecular weight excluding hydrogens is 244 g/mol. The van der Waals surface area contributed by atoms with Crippen LogP contribution in [-0.2, 0) is 0 Å². The number of nitrogens with zero attached hydrogens (tertiary/aromatic N) is 1. The van der Waals surface area contributed by atoms with E-state index in [1.54, 1.807) is 24.3 Å². The number of carbonyl (C=O) groups is 2. The number of nitrogen functional groups attached to an aromatic ring is 1. The molecule has 0 atom stereocenters. The molecule has 0 aliphatic carbocycles. The number of hydrogen-bond acceptors (Lipinski definition) is 4. The first-order valence-corrected chi connectivity index (χ1v) is 5.49. The van der Waals surface area contributed by atoms with Crippen molar-refractivity contribution in [2.75, 3.05) is 11.1 Å². The van der Waals surface area contributed by atoms with Gasteiger partial charge in [-0.2, -0.15) is 0 Å². The van der Waals surface area contributed by atoms with E-state index < -0.39 is 11.8 Å². The highest BCUT2D eigenvalue weighted by atomic mass is 16.2. The van der Waals surface area contributed by atoms with E-state index in [0.717, 1.165) is 0 Å². The van der Waals surface area contributed by atoms with Crippen LogP contribution < -0.4 is 16.8 Å². The number of rotatable bonds is 3. The zero-order chi connectivity index (χ0) is 13.8. The highest BCUT2D eigenvalue weighted by Gasteiger charge is 2.12. The normalized spacial score (nSPS) is 9.89. The van der Waals surface area contributed by atoms with Gasteiger partial charge in [0.25, 0.3) is 11.8 Å². The number of carbonyl (C=O) groups excluding carboxylic acids is 2. The summed E-state index contributed by atoms with van der Waals surface area (Å²) in [5.41, 5.74) is 12.0. The molecule has 5 N–H and O–H groups in total. The Bertz CT molecular complexity index is 623. The van der Waals surface area contributed by atoms with Crippen molar-refractivity contribution in [2.45, 2.75) is 0 Å². The molecule has 19 heavy (non-hydrogen) atoms. The average molecular weight is 256 g/mol. The molecule has 6 nitrogen and oxygen atoms in total. The van der Waals surface area contributed by atoms with Gasteiger partial charge in [-0.3, -0.25) is 9.59 Å². The van der Waals surface area contributed by atoms with Gasteiger partial charge in [0.05, 0.1) is 23.1 Å². The molecule has 6 heteroatoms. The van der Waals surface area contributed by atoms with Crippen molar-refractivity contribution in [2.24, 2.45) is 5.73 Å². The Morgan fingerprint density at radius 2 is 1.84 bits per heavy atom. The van der Waals surface area contributed by atoms with E-state index in [2.05, 4.69) is 10.3 Å². The Morgan fingerprint density at radius 3 is 2.47 bits per heavy atom. The van der Waals surface area contributed by atoms with Crippen LogP contribution in [0.5, 0.6) is 0 Å². The molecule has 1 aromatic carbocycles. The summed E-state index contributed by atoms with van der Waals surface area (Å²) >= 11 is 0. The summed E-state index contributed by atoms with van der Waals surface area (Å²) in [7, 11) is 0. The standard InChI is InChI=1S/C13H12N4O2/c14-8-5-6-11(16-7-8)13(19)17-10-4-2-1-3-9(10)12(15)18/h1-7H,14H2,(H2,15,18)(H,17,19). The minimum Gasteiger partial charge on any atom is -0.397 e. The van der Waals surface area contributed by atoms with E-state index >= 15 is 0 Å². The number of amides is 2. The summed E-state index contributed by atoms with van der Waals surface area (Å²) in [6.45, 7) is 0. The van der Waals surface area contributed by atoms with Gasteiger partial charge in [-0.1, -0.05) is 12.1 Å². The molecule has 0 unspecified atom stereocenters. The molecule has 0 radical (unpaired) electrons. The maximum absolute atomic E-state index is 11.9. The van der Waals surface area contributed by atoms with Crippen LogP contribution in [0.25, 0.3) is 0 Å². The molecule has 0 saturated heterocycles. The topological polar surface area (TPSA) is 111 Å². The van der Waals surface area contributed by atoms with E-state index in [1.165, 1.54) is 18.3 Å². The molecular formula is C13H12N4O2. The number of anilines is 2. The maximum Gasteiger partial charge on any atom is 0.274 e. The molecule has 1 aromatic heterocycles. The van der Waals surface area contributed by atoms with Crippen LogP contribution in [0.4, 0.5) is 11.4 Å². The fourth-order valence-electron chi connectivity index (χ4n) is 1.53. The number of primary amides is 1. The number of aromatic nitrogens is 1. The van der Waals surface area contributed by atoms with Gasteiger partial charge in [-0.15, -0.1) is 0 Å². The largest absolute Gasteiger partial charge is 0.397 e. The van der Waals surface area contributed by atoms with Crippen LogP contribution in [-0.4, -0.2) is 16.8 Å². The SMILES string of the molecule is NC(=O)c1ccccc1NC(=O)c1ccc(N)cn1. The molecule has 0 aliphatic rings. The molecule has 2 amide bonds. The van der Waals surface area contributed by atoms with Crippen molar-refractivity contribution in [3.63, 3.8) is 0 Å². The van der Waals surface area contributed by atoms with Gasteiger partial charge in [-0.25, -0.2) is 4.98 Å². The third kappa shape index (κ3) is 2.86. The smallest absolute Gasteiger partial charge is 0.274 e. The lowest BCUT2D eigenvalue weighted by molar-refractivity contribution is 0.100. The fraction of sp³-hybridized carbons (Fsp3) is 0. The minimum atomic E-state index is -0.610. The van der Waals surface area contributed by atoms with Crippen molar-refractivity contribution >= 4 is 23.2 Å². The fourth-order valence-corrected chi connectivity index (χ4v) is 1.53. The zero-order valence-corrected chi connectivity index (χ0v) is 9.96. The lowest BCUT2D eigenvalue weighted by Crippen LogP contribution is -2.18. The third-order valence-electron chi connectivity index (χ3n) is 2.46. The Labute approximate surface area is 109 Å². The van der Waals surface area contributed by atoms with Crippen LogP contribution >= 0.6 is 0 Å². The number of nitrogens with one attached hydrogen (secondary N) is 1. The Hall–Kier alpha value is -2.89. The van der Waals surface area contributed by atoms with Crippen LogP contribution in [0.2, 0.25) is 0 Å². The Kier molecular flexibility index (Phi) is 3.42. The van der Waals surface area contributed by atoms with Gasteiger partial charge in [-0.05, 0) is 24.3 Å². The molecule has 1 heterocycles. The second-order valence-corrected chi connectivity index (χ2v) is 3.84. The van der Waals surface area contributed by atoms with E-state index in [0.29, 0.717) is 11.4 Å². The van der Waals surface area contributed by atoms with Gasteiger partial charge < -0.3 is 16.8 Å². The van der Waals surface area contributed by atoms with Crippen LogP contribution in [0.3, 0.4) is 0 Å². The zero-order valence-electron chi connectivity index (χ0n) is 9.96. The summed E-state index contributed by atoms with van der Waals surface area (Å²) in [6.07, 6.45) is 1.38. The van der Waals surface area contributed by atoms with E-state index in [4.69, 9.17) is 11.5 Å². The summed E-state index contributed by atoms with van der Waals surface area (Å²) < 4.78 is 0. The Balaban J connectivity index is 2.24. The third-order valence-corrected chi connectivity index (χ3v) is 2.46. The summed E-state index contributed by atoms with van der Waals surface area (Å²) in [5.74, 6) is -1.05. The number of hydrogen-bond donors (Lipinski definition) is 3. The first-order chi connectivity index (χ1) is 9.08. The first kappa shape index (κ1) is 12.6. The van der Waals surface area contributed by atoms with Crippen molar-refractivity contribution in [1.29, 1.82) is 0 Å². The quantitative estimate of drug-likeness (QED) is 0.761.